The van der Waals surface area contributed by atoms with Crippen LogP contribution in [0.15, 0.2) is 42.6 Å². The van der Waals surface area contributed by atoms with Crippen LogP contribution in [0.25, 0.3) is 0 Å². The van der Waals surface area contributed by atoms with Crippen LogP contribution >= 0.6 is 24.0 Å². The number of anilines is 1. The standard InChI is InChI=1S/C16H18ClN3O.ClH/c1-2-15(11-4-3-5-12(17)8-11)20-16(21)9-14-7-6-13(18)10-19-14;/h3-8,10,15H,2,9,18H2,1H3,(H,20,21);1H. The Balaban J connectivity index is 0.00000242. The Morgan fingerprint density at radius 3 is 2.73 bits per heavy atom. The molecule has 0 saturated heterocycles. The lowest BCUT2D eigenvalue weighted by molar-refractivity contribution is -0.121. The van der Waals surface area contributed by atoms with Gasteiger partial charge in [0.25, 0.3) is 0 Å². The molecule has 2 rings (SSSR count). The van der Waals surface area contributed by atoms with Gasteiger partial charge in [-0.2, -0.15) is 0 Å². The SMILES string of the molecule is CCC(NC(=O)Cc1ccc(N)cn1)c1cccc(Cl)c1.Cl. The van der Waals surface area contributed by atoms with Crippen LogP contribution in [-0.4, -0.2) is 10.9 Å². The molecule has 0 aliphatic rings. The normalized spacial score (nSPS) is 11.4. The van der Waals surface area contributed by atoms with Crippen molar-refractivity contribution in [3.63, 3.8) is 0 Å². The molecule has 6 heteroatoms. The molecule has 1 unspecified atom stereocenters. The fourth-order valence-corrected chi connectivity index (χ4v) is 2.29. The molecule has 1 aromatic carbocycles. The molecule has 1 atom stereocenters. The summed E-state index contributed by atoms with van der Waals surface area (Å²) >= 11 is 5.99. The second-order valence-electron chi connectivity index (χ2n) is 4.84. The molecule has 0 saturated carbocycles. The van der Waals surface area contributed by atoms with E-state index >= 15 is 0 Å². The van der Waals surface area contributed by atoms with E-state index in [0.717, 1.165) is 12.0 Å². The summed E-state index contributed by atoms with van der Waals surface area (Å²) in [6, 6.07) is 11.0. The zero-order valence-corrected chi connectivity index (χ0v) is 13.8. The average molecular weight is 340 g/mol. The number of nitrogens with two attached hydrogens (primary N) is 1. The smallest absolute Gasteiger partial charge is 0.226 e. The minimum Gasteiger partial charge on any atom is -0.397 e. The summed E-state index contributed by atoms with van der Waals surface area (Å²) in [7, 11) is 0. The van der Waals surface area contributed by atoms with E-state index in [-0.39, 0.29) is 30.8 Å². The highest BCUT2D eigenvalue weighted by Gasteiger charge is 2.13. The van der Waals surface area contributed by atoms with Crippen LogP contribution in [0.1, 0.15) is 30.6 Å². The van der Waals surface area contributed by atoms with E-state index in [1.165, 1.54) is 0 Å². The summed E-state index contributed by atoms with van der Waals surface area (Å²) in [4.78, 5) is 16.2. The minimum absolute atomic E-state index is 0. The number of halogens is 2. The zero-order chi connectivity index (χ0) is 15.2. The molecule has 1 amide bonds. The average Bonchev–Trinajstić information content (AvgIpc) is 2.47. The van der Waals surface area contributed by atoms with Gasteiger partial charge in [-0.1, -0.05) is 30.7 Å². The summed E-state index contributed by atoms with van der Waals surface area (Å²) in [5.41, 5.74) is 7.86. The van der Waals surface area contributed by atoms with E-state index in [9.17, 15) is 4.79 Å². The number of carbonyl (C=O) groups is 1. The molecule has 0 spiro atoms. The number of nitrogens with zero attached hydrogens (tertiary/aromatic N) is 1. The summed E-state index contributed by atoms with van der Waals surface area (Å²) in [5.74, 6) is -0.0703. The molecule has 0 fully saturated rings. The third-order valence-corrected chi connectivity index (χ3v) is 3.42. The summed E-state index contributed by atoms with van der Waals surface area (Å²) < 4.78 is 0. The van der Waals surface area contributed by atoms with Crippen LogP contribution in [0, 0.1) is 0 Å². The molecule has 0 radical (unpaired) electrons. The predicted molar refractivity (Wildman–Crippen MR) is 92.2 cm³/mol. The van der Waals surface area contributed by atoms with Crippen molar-refractivity contribution in [2.45, 2.75) is 25.8 Å². The lowest BCUT2D eigenvalue weighted by atomic mass is 10.0. The van der Waals surface area contributed by atoms with Gasteiger partial charge in [0.05, 0.1) is 24.3 Å². The first-order valence-electron chi connectivity index (χ1n) is 6.83. The molecule has 3 N–H and O–H groups in total. The van der Waals surface area contributed by atoms with E-state index in [0.29, 0.717) is 16.4 Å². The fraction of sp³-hybridized carbons (Fsp3) is 0.250. The van der Waals surface area contributed by atoms with Crippen LogP contribution in [0.3, 0.4) is 0 Å². The van der Waals surface area contributed by atoms with Crippen LogP contribution in [0.4, 0.5) is 5.69 Å². The monoisotopic (exact) mass is 339 g/mol. The predicted octanol–water partition coefficient (Wildman–Crippen LogP) is 3.55. The number of amides is 1. The molecule has 1 heterocycles. The van der Waals surface area contributed by atoms with Crippen molar-refractivity contribution in [2.24, 2.45) is 0 Å². The Bertz CT molecular complexity index is 617. The maximum Gasteiger partial charge on any atom is 0.226 e. The van der Waals surface area contributed by atoms with Crippen molar-refractivity contribution in [1.29, 1.82) is 0 Å². The van der Waals surface area contributed by atoms with Crippen LogP contribution in [0.5, 0.6) is 0 Å². The van der Waals surface area contributed by atoms with Crippen molar-refractivity contribution in [3.05, 3.63) is 58.9 Å². The summed E-state index contributed by atoms with van der Waals surface area (Å²) in [5, 5.41) is 3.67. The highest BCUT2D eigenvalue weighted by Crippen LogP contribution is 2.20. The van der Waals surface area contributed by atoms with Gasteiger partial charge in [0.1, 0.15) is 0 Å². The Kier molecular flexibility index (Phi) is 7.15. The third kappa shape index (κ3) is 5.20. The second kappa shape index (κ2) is 8.61. The topological polar surface area (TPSA) is 68.0 Å². The lowest BCUT2D eigenvalue weighted by Crippen LogP contribution is -2.29. The Morgan fingerprint density at radius 2 is 2.14 bits per heavy atom. The largest absolute Gasteiger partial charge is 0.397 e. The number of nitrogen functional groups attached to an aromatic ring is 1. The molecule has 0 bridgehead atoms. The summed E-state index contributed by atoms with van der Waals surface area (Å²) in [6.45, 7) is 2.02. The van der Waals surface area contributed by atoms with Crippen molar-refractivity contribution in [3.8, 4) is 0 Å². The van der Waals surface area contributed by atoms with Gasteiger partial charge >= 0.3 is 0 Å². The van der Waals surface area contributed by atoms with Crippen molar-refractivity contribution < 1.29 is 4.79 Å². The van der Waals surface area contributed by atoms with Gasteiger partial charge in [-0.05, 0) is 36.2 Å². The third-order valence-electron chi connectivity index (χ3n) is 3.18. The zero-order valence-electron chi connectivity index (χ0n) is 12.3. The first-order valence-corrected chi connectivity index (χ1v) is 7.21. The number of rotatable bonds is 5. The molecule has 4 nitrogen and oxygen atoms in total. The number of hydrogen-bond donors (Lipinski definition) is 2. The van der Waals surface area contributed by atoms with E-state index in [4.69, 9.17) is 17.3 Å². The molecule has 0 aliphatic heterocycles. The van der Waals surface area contributed by atoms with Crippen molar-refractivity contribution in [1.82, 2.24) is 10.3 Å². The van der Waals surface area contributed by atoms with Crippen molar-refractivity contribution in [2.75, 3.05) is 5.73 Å². The number of pyridine rings is 1. The molecular formula is C16H19Cl2N3O. The van der Waals surface area contributed by atoms with Gasteiger partial charge < -0.3 is 11.1 Å². The van der Waals surface area contributed by atoms with E-state index < -0.39 is 0 Å². The van der Waals surface area contributed by atoms with E-state index in [1.54, 1.807) is 18.3 Å². The first-order chi connectivity index (χ1) is 10.1. The highest BCUT2D eigenvalue weighted by atomic mass is 35.5. The van der Waals surface area contributed by atoms with Gasteiger partial charge in [0.2, 0.25) is 5.91 Å². The van der Waals surface area contributed by atoms with Crippen LogP contribution < -0.4 is 11.1 Å². The quantitative estimate of drug-likeness (QED) is 0.875. The van der Waals surface area contributed by atoms with E-state index in [1.807, 2.05) is 31.2 Å². The van der Waals surface area contributed by atoms with Gasteiger partial charge in [-0.25, -0.2) is 0 Å². The lowest BCUT2D eigenvalue weighted by Gasteiger charge is -2.17. The maximum atomic E-state index is 12.1. The van der Waals surface area contributed by atoms with E-state index in [2.05, 4.69) is 10.3 Å². The number of aromatic nitrogens is 1. The Hall–Kier alpha value is -1.78. The second-order valence-corrected chi connectivity index (χ2v) is 5.28. The molecule has 0 aliphatic carbocycles. The number of benzene rings is 1. The first kappa shape index (κ1) is 18.3. The Labute approximate surface area is 141 Å². The van der Waals surface area contributed by atoms with Crippen LogP contribution in [-0.2, 0) is 11.2 Å². The molecular weight excluding hydrogens is 321 g/mol. The number of hydrogen-bond acceptors (Lipinski definition) is 3. The minimum atomic E-state index is -0.0703. The molecule has 118 valence electrons. The molecule has 1 aromatic heterocycles. The number of carbonyl (C=O) groups excluding carboxylic acids is 1. The maximum absolute atomic E-state index is 12.1. The van der Waals surface area contributed by atoms with Gasteiger partial charge in [-0.15, -0.1) is 12.4 Å². The fourth-order valence-electron chi connectivity index (χ4n) is 2.09. The van der Waals surface area contributed by atoms with Crippen LogP contribution in [0.2, 0.25) is 5.02 Å². The van der Waals surface area contributed by atoms with Crippen molar-refractivity contribution >= 4 is 35.6 Å². The molecule has 22 heavy (non-hydrogen) atoms. The van der Waals surface area contributed by atoms with Gasteiger partial charge in [0, 0.05) is 10.7 Å². The molecule has 2 aromatic rings. The Morgan fingerprint density at radius 1 is 1.36 bits per heavy atom. The van der Waals surface area contributed by atoms with Gasteiger partial charge in [0.15, 0.2) is 0 Å². The van der Waals surface area contributed by atoms with Gasteiger partial charge in [-0.3, -0.25) is 9.78 Å². The summed E-state index contributed by atoms with van der Waals surface area (Å²) in [6.07, 6.45) is 2.58. The number of nitrogens with one attached hydrogen (secondary N) is 1. The highest BCUT2D eigenvalue weighted by molar-refractivity contribution is 6.30.